The third kappa shape index (κ3) is 2.31. The molecule has 17 heavy (non-hydrogen) atoms. The Kier molecular flexibility index (Phi) is 3.15. The summed E-state index contributed by atoms with van der Waals surface area (Å²) >= 11 is 0. The van der Waals surface area contributed by atoms with Crippen molar-refractivity contribution in [2.75, 3.05) is 24.7 Å². The smallest absolute Gasteiger partial charge is 0.180 e. The molecule has 0 aliphatic carbocycles. The van der Waals surface area contributed by atoms with Gasteiger partial charge in [-0.25, -0.2) is 8.42 Å². The Hall–Kier alpha value is -1.43. The minimum Gasteiger partial charge on any atom is -0.486 e. The van der Waals surface area contributed by atoms with E-state index in [9.17, 15) is 8.42 Å². The summed E-state index contributed by atoms with van der Waals surface area (Å²) in [6.07, 6.45) is 0.552. The van der Waals surface area contributed by atoms with Gasteiger partial charge in [0.15, 0.2) is 21.3 Å². The van der Waals surface area contributed by atoms with Gasteiger partial charge in [-0.05, 0) is 6.42 Å². The van der Waals surface area contributed by atoms with E-state index in [1.807, 2.05) is 6.92 Å². The second kappa shape index (κ2) is 4.44. The molecule has 0 amide bonds. The number of ether oxygens (including phenoxy) is 2. The van der Waals surface area contributed by atoms with Crippen LogP contribution in [0, 0.1) is 0 Å². The average Bonchev–Trinajstić information content (AvgIpc) is 2.27. The van der Waals surface area contributed by atoms with E-state index in [2.05, 4.69) is 0 Å². The summed E-state index contributed by atoms with van der Waals surface area (Å²) in [5.41, 5.74) is 5.96. The van der Waals surface area contributed by atoms with E-state index in [1.165, 1.54) is 12.1 Å². The Balaban J connectivity index is 2.49. The number of rotatable bonds is 3. The van der Waals surface area contributed by atoms with E-state index in [1.54, 1.807) is 0 Å². The quantitative estimate of drug-likeness (QED) is 0.824. The molecule has 6 heteroatoms. The maximum Gasteiger partial charge on any atom is 0.180 e. The molecular formula is C11H15NO4S. The zero-order chi connectivity index (χ0) is 12.5. The van der Waals surface area contributed by atoms with Crippen LogP contribution >= 0.6 is 0 Å². The van der Waals surface area contributed by atoms with Gasteiger partial charge in [-0.2, -0.15) is 0 Å². The highest BCUT2D eigenvalue weighted by Crippen LogP contribution is 2.36. The zero-order valence-corrected chi connectivity index (χ0v) is 10.4. The standard InChI is InChI=1S/C11H15NO4S/c1-2-5-17(13,14)11-7-10-9(6-8(11)12)15-3-4-16-10/h6-7H,2-5,12H2,1H3. The minimum atomic E-state index is -3.34. The van der Waals surface area contributed by atoms with E-state index in [4.69, 9.17) is 15.2 Å². The monoisotopic (exact) mass is 257 g/mol. The van der Waals surface area contributed by atoms with Crippen LogP contribution in [0.5, 0.6) is 11.5 Å². The van der Waals surface area contributed by atoms with E-state index < -0.39 is 9.84 Å². The molecule has 2 N–H and O–H groups in total. The topological polar surface area (TPSA) is 78.6 Å². The fourth-order valence-corrected chi connectivity index (χ4v) is 3.20. The second-order valence-corrected chi connectivity index (χ2v) is 5.93. The second-order valence-electron chi connectivity index (χ2n) is 3.85. The van der Waals surface area contributed by atoms with Gasteiger partial charge in [0.2, 0.25) is 0 Å². The van der Waals surface area contributed by atoms with Crippen molar-refractivity contribution in [1.29, 1.82) is 0 Å². The van der Waals surface area contributed by atoms with Crippen LogP contribution < -0.4 is 15.2 Å². The number of nitrogen functional groups attached to an aromatic ring is 1. The van der Waals surface area contributed by atoms with Gasteiger partial charge in [-0.3, -0.25) is 0 Å². The van der Waals surface area contributed by atoms with Gasteiger partial charge in [0, 0.05) is 12.1 Å². The normalized spacial score (nSPS) is 14.6. The highest BCUT2D eigenvalue weighted by Gasteiger charge is 2.22. The predicted molar refractivity (Wildman–Crippen MR) is 64.2 cm³/mol. The predicted octanol–water partition coefficient (Wildman–Crippen LogP) is 1.22. The number of nitrogens with two attached hydrogens (primary N) is 1. The fourth-order valence-electron chi connectivity index (χ4n) is 1.73. The van der Waals surface area contributed by atoms with E-state index in [0.29, 0.717) is 31.1 Å². The van der Waals surface area contributed by atoms with Crippen molar-refractivity contribution in [1.82, 2.24) is 0 Å². The van der Waals surface area contributed by atoms with Crippen LogP contribution in [-0.2, 0) is 9.84 Å². The molecule has 0 saturated heterocycles. The summed E-state index contributed by atoms with van der Waals surface area (Å²) < 4.78 is 34.6. The molecule has 2 rings (SSSR count). The molecule has 0 fully saturated rings. The van der Waals surface area contributed by atoms with Crippen molar-refractivity contribution in [3.05, 3.63) is 12.1 Å². The van der Waals surface area contributed by atoms with Crippen molar-refractivity contribution in [2.45, 2.75) is 18.2 Å². The lowest BCUT2D eigenvalue weighted by atomic mass is 10.2. The third-order valence-corrected chi connectivity index (χ3v) is 4.45. The molecule has 1 aromatic carbocycles. The maximum atomic E-state index is 12.0. The minimum absolute atomic E-state index is 0.0802. The molecule has 0 saturated carbocycles. The summed E-state index contributed by atoms with van der Waals surface area (Å²) in [5, 5.41) is 0. The number of hydrogen-bond donors (Lipinski definition) is 1. The maximum absolute atomic E-state index is 12.0. The van der Waals surface area contributed by atoms with Crippen LogP contribution in [0.1, 0.15) is 13.3 Å². The first-order valence-corrected chi connectivity index (χ1v) is 7.11. The van der Waals surface area contributed by atoms with Gasteiger partial charge in [-0.1, -0.05) is 6.92 Å². The molecule has 1 aromatic rings. The fraction of sp³-hybridized carbons (Fsp3) is 0.455. The van der Waals surface area contributed by atoms with E-state index in [0.717, 1.165) is 0 Å². The first-order valence-electron chi connectivity index (χ1n) is 5.46. The average molecular weight is 257 g/mol. The molecule has 1 heterocycles. The SMILES string of the molecule is CCCS(=O)(=O)c1cc2c(cc1N)OCCO2. The molecule has 0 aromatic heterocycles. The Morgan fingerprint density at radius 2 is 1.82 bits per heavy atom. The number of sulfone groups is 1. The molecule has 0 bridgehead atoms. The Morgan fingerprint density at radius 1 is 1.24 bits per heavy atom. The van der Waals surface area contributed by atoms with E-state index >= 15 is 0 Å². The van der Waals surface area contributed by atoms with Crippen LogP contribution in [0.4, 0.5) is 5.69 Å². The molecule has 0 radical (unpaired) electrons. The Bertz CT molecular complexity index is 525. The Labute approximate surface area is 100 Å². The van der Waals surface area contributed by atoms with Crippen LogP contribution in [0.15, 0.2) is 17.0 Å². The van der Waals surface area contributed by atoms with Crippen molar-refractivity contribution in [3.63, 3.8) is 0 Å². The van der Waals surface area contributed by atoms with Gasteiger partial charge in [-0.15, -0.1) is 0 Å². The third-order valence-electron chi connectivity index (χ3n) is 2.48. The molecule has 0 atom stereocenters. The van der Waals surface area contributed by atoms with Crippen molar-refractivity contribution >= 4 is 15.5 Å². The summed E-state index contributed by atoms with van der Waals surface area (Å²) in [6.45, 7) is 2.68. The van der Waals surface area contributed by atoms with Gasteiger partial charge in [0.1, 0.15) is 13.2 Å². The summed E-state index contributed by atoms with van der Waals surface area (Å²) in [6, 6.07) is 2.96. The summed E-state index contributed by atoms with van der Waals surface area (Å²) in [4.78, 5) is 0.128. The highest BCUT2D eigenvalue weighted by molar-refractivity contribution is 7.91. The summed E-state index contributed by atoms with van der Waals surface area (Å²) in [5.74, 6) is 1.03. The Morgan fingerprint density at radius 3 is 2.41 bits per heavy atom. The molecule has 1 aliphatic rings. The van der Waals surface area contributed by atoms with E-state index in [-0.39, 0.29) is 16.3 Å². The van der Waals surface area contributed by atoms with Gasteiger partial charge >= 0.3 is 0 Å². The van der Waals surface area contributed by atoms with Crippen LogP contribution in [0.2, 0.25) is 0 Å². The lowest BCUT2D eigenvalue weighted by Gasteiger charge is -2.20. The molecule has 0 spiro atoms. The van der Waals surface area contributed by atoms with Gasteiger partial charge in [0.05, 0.1) is 16.3 Å². The molecule has 0 unspecified atom stereocenters. The number of benzene rings is 1. The number of hydrogen-bond acceptors (Lipinski definition) is 5. The largest absolute Gasteiger partial charge is 0.486 e. The van der Waals surface area contributed by atoms with Crippen LogP contribution in [0.25, 0.3) is 0 Å². The van der Waals surface area contributed by atoms with Crippen molar-refractivity contribution in [2.24, 2.45) is 0 Å². The van der Waals surface area contributed by atoms with Crippen LogP contribution in [0.3, 0.4) is 0 Å². The molecular weight excluding hydrogens is 242 g/mol. The molecule has 1 aliphatic heterocycles. The van der Waals surface area contributed by atoms with Gasteiger partial charge < -0.3 is 15.2 Å². The number of fused-ring (bicyclic) bond motifs is 1. The van der Waals surface area contributed by atoms with Crippen molar-refractivity contribution in [3.8, 4) is 11.5 Å². The molecule has 94 valence electrons. The number of anilines is 1. The first-order chi connectivity index (χ1) is 8.04. The van der Waals surface area contributed by atoms with Crippen LogP contribution in [-0.4, -0.2) is 27.4 Å². The zero-order valence-electron chi connectivity index (χ0n) is 9.60. The van der Waals surface area contributed by atoms with Gasteiger partial charge in [0.25, 0.3) is 0 Å². The molecule has 5 nitrogen and oxygen atoms in total. The lowest BCUT2D eigenvalue weighted by molar-refractivity contribution is 0.171. The lowest BCUT2D eigenvalue weighted by Crippen LogP contribution is -2.17. The summed E-state index contributed by atoms with van der Waals surface area (Å²) in [7, 11) is -3.34. The highest BCUT2D eigenvalue weighted by atomic mass is 32.2. The first kappa shape index (κ1) is 12.0. The van der Waals surface area contributed by atoms with Crippen molar-refractivity contribution < 1.29 is 17.9 Å².